The van der Waals surface area contributed by atoms with Crippen LogP contribution in [0.2, 0.25) is 0 Å². The zero-order valence-electron chi connectivity index (χ0n) is 14.4. The number of hydrogen-bond acceptors (Lipinski definition) is 4. The SMILES string of the molecule is CN1CCN(CC(c2cccc(OC(F)(F)F)c2)C2(O)CCC2)CC1. The van der Waals surface area contributed by atoms with Crippen molar-refractivity contribution in [2.75, 3.05) is 39.8 Å². The molecule has 1 aliphatic carbocycles. The van der Waals surface area contributed by atoms with Crippen LogP contribution < -0.4 is 4.74 Å². The van der Waals surface area contributed by atoms with Gasteiger partial charge in [0.15, 0.2) is 0 Å². The monoisotopic (exact) mass is 358 g/mol. The molecule has 1 saturated carbocycles. The van der Waals surface area contributed by atoms with Crippen molar-refractivity contribution in [3.05, 3.63) is 29.8 Å². The quantitative estimate of drug-likeness (QED) is 0.878. The largest absolute Gasteiger partial charge is 0.573 e. The Bertz CT molecular complexity index is 582. The molecule has 1 heterocycles. The van der Waals surface area contributed by atoms with Crippen LogP contribution in [0.4, 0.5) is 13.2 Å². The number of benzene rings is 1. The first kappa shape index (κ1) is 18.5. The van der Waals surface area contributed by atoms with Gasteiger partial charge in [0, 0.05) is 38.6 Å². The normalized spacial score (nSPS) is 23.1. The first-order valence-electron chi connectivity index (χ1n) is 8.74. The van der Waals surface area contributed by atoms with Gasteiger partial charge >= 0.3 is 6.36 Å². The molecule has 2 aliphatic rings. The third-order valence-corrected chi connectivity index (χ3v) is 5.40. The molecule has 0 radical (unpaired) electrons. The van der Waals surface area contributed by atoms with Gasteiger partial charge in [-0.25, -0.2) is 0 Å². The second-order valence-corrected chi connectivity index (χ2v) is 7.23. The van der Waals surface area contributed by atoms with Crippen LogP contribution >= 0.6 is 0 Å². The number of hydrogen-bond donors (Lipinski definition) is 1. The van der Waals surface area contributed by atoms with Crippen LogP contribution in [0.15, 0.2) is 24.3 Å². The van der Waals surface area contributed by atoms with Crippen molar-refractivity contribution < 1.29 is 23.0 Å². The Hall–Kier alpha value is -1.31. The maximum atomic E-state index is 12.5. The van der Waals surface area contributed by atoms with Gasteiger partial charge in [0.05, 0.1) is 5.60 Å². The van der Waals surface area contributed by atoms with Crippen molar-refractivity contribution in [3.8, 4) is 5.75 Å². The third-order valence-electron chi connectivity index (χ3n) is 5.40. The summed E-state index contributed by atoms with van der Waals surface area (Å²) in [6.07, 6.45) is -2.38. The number of alkyl halides is 3. The zero-order valence-corrected chi connectivity index (χ0v) is 14.4. The van der Waals surface area contributed by atoms with Crippen LogP contribution in [0.25, 0.3) is 0 Å². The standard InChI is InChI=1S/C18H25F3N2O2/c1-22-8-10-23(11-9-22)13-16(17(24)6-3-7-17)14-4-2-5-15(12-14)25-18(19,20)21/h2,4-5,12,16,24H,3,6-11,13H2,1H3. The fraction of sp³-hybridized carbons (Fsp3) is 0.667. The molecule has 1 atom stereocenters. The summed E-state index contributed by atoms with van der Waals surface area (Å²) in [5.41, 5.74) is -0.122. The maximum absolute atomic E-state index is 12.5. The Balaban J connectivity index is 1.79. The molecular weight excluding hydrogens is 333 g/mol. The van der Waals surface area contributed by atoms with Crippen LogP contribution in [-0.4, -0.2) is 66.6 Å². The lowest BCUT2D eigenvalue weighted by molar-refractivity contribution is -0.274. The topological polar surface area (TPSA) is 35.9 Å². The number of likely N-dealkylation sites (N-methyl/N-ethyl adjacent to an activating group) is 1. The Morgan fingerprint density at radius 1 is 1.20 bits per heavy atom. The first-order chi connectivity index (χ1) is 11.8. The van der Waals surface area contributed by atoms with Crippen molar-refractivity contribution in [2.24, 2.45) is 0 Å². The van der Waals surface area contributed by atoms with Crippen LogP contribution in [0.5, 0.6) is 5.75 Å². The highest BCUT2D eigenvalue weighted by atomic mass is 19.4. The molecular formula is C18H25F3N2O2. The van der Waals surface area contributed by atoms with Gasteiger partial charge in [-0.15, -0.1) is 13.2 Å². The van der Waals surface area contributed by atoms with Crippen molar-refractivity contribution >= 4 is 0 Å². The summed E-state index contributed by atoms with van der Waals surface area (Å²) in [7, 11) is 2.08. The van der Waals surface area contributed by atoms with Gasteiger partial charge in [-0.1, -0.05) is 12.1 Å². The van der Waals surface area contributed by atoms with Gasteiger partial charge in [-0.3, -0.25) is 0 Å². The van der Waals surface area contributed by atoms with E-state index in [1.54, 1.807) is 12.1 Å². The van der Waals surface area contributed by atoms with Gasteiger partial charge in [0.1, 0.15) is 5.75 Å². The minimum absolute atomic E-state index is 0.207. The minimum atomic E-state index is -4.71. The van der Waals surface area contributed by atoms with E-state index < -0.39 is 12.0 Å². The second kappa shape index (κ2) is 7.13. The molecule has 7 heteroatoms. The molecule has 4 nitrogen and oxygen atoms in total. The van der Waals surface area contributed by atoms with Crippen LogP contribution in [0.3, 0.4) is 0 Å². The molecule has 3 rings (SSSR count). The number of rotatable bonds is 5. The number of piperazine rings is 1. The highest BCUT2D eigenvalue weighted by molar-refractivity contribution is 5.33. The van der Waals surface area contributed by atoms with Gasteiger partial charge in [-0.2, -0.15) is 0 Å². The van der Waals surface area contributed by atoms with Gasteiger partial charge < -0.3 is 19.6 Å². The minimum Gasteiger partial charge on any atom is -0.406 e. The van der Waals surface area contributed by atoms with Crippen LogP contribution in [-0.2, 0) is 0 Å². The molecule has 0 spiro atoms. The third kappa shape index (κ3) is 4.65. The molecule has 1 saturated heterocycles. The Kier molecular flexibility index (Phi) is 5.27. The molecule has 2 fully saturated rings. The highest BCUT2D eigenvalue weighted by Gasteiger charge is 2.44. The maximum Gasteiger partial charge on any atom is 0.573 e. The van der Waals surface area contributed by atoms with Crippen LogP contribution in [0, 0.1) is 0 Å². The Labute approximate surface area is 146 Å². The molecule has 0 aromatic heterocycles. The molecule has 1 aromatic carbocycles. The predicted octanol–water partition coefficient (Wildman–Crippen LogP) is 2.83. The molecule has 140 valence electrons. The summed E-state index contributed by atoms with van der Waals surface area (Å²) in [5.74, 6) is -0.433. The Morgan fingerprint density at radius 2 is 1.88 bits per heavy atom. The van der Waals surface area contributed by atoms with E-state index in [0.717, 1.165) is 32.6 Å². The average Bonchev–Trinajstić information content (AvgIpc) is 2.51. The number of nitrogens with zero attached hydrogens (tertiary/aromatic N) is 2. The summed E-state index contributed by atoms with van der Waals surface area (Å²) in [5, 5.41) is 10.9. The van der Waals surface area contributed by atoms with Crippen molar-refractivity contribution in [3.63, 3.8) is 0 Å². The molecule has 1 unspecified atom stereocenters. The van der Waals surface area contributed by atoms with Gasteiger partial charge in [-0.05, 0) is 44.0 Å². The van der Waals surface area contributed by atoms with E-state index in [2.05, 4.69) is 21.6 Å². The first-order valence-corrected chi connectivity index (χ1v) is 8.74. The molecule has 0 bridgehead atoms. The number of halogens is 3. The van der Waals surface area contributed by atoms with E-state index in [1.165, 1.54) is 12.1 Å². The van der Waals surface area contributed by atoms with Crippen molar-refractivity contribution in [2.45, 2.75) is 37.1 Å². The number of ether oxygens (including phenoxy) is 1. The predicted molar refractivity (Wildman–Crippen MR) is 88.6 cm³/mol. The molecule has 1 aliphatic heterocycles. The van der Waals surface area contributed by atoms with Crippen LogP contribution in [0.1, 0.15) is 30.7 Å². The highest BCUT2D eigenvalue weighted by Crippen LogP contribution is 2.44. The van der Waals surface area contributed by atoms with E-state index in [0.29, 0.717) is 24.9 Å². The van der Waals surface area contributed by atoms with E-state index in [-0.39, 0.29) is 11.7 Å². The summed E-state index contributed by atoms with van der Waals surface area (Å²) < 4.78 is 41.6. The number of aliphatic hydroxyl groups is 1. The van der Waals surface area contributed by atoms with E-state index in [1.807, 2.05) is 0 Å². The molecule has 0 amide bonds. The van der Waals surface area contributed by atoms with Gasteiger partial charge in [0.25, 0.3) is 0 Å². The van der Waals surface area contributed by atoms with E-state index >= 15 is 0 Å². The smallest absolute Gasteiger partial charge is 0.406 e. The lowest BCUT2D eigenvalue weighted by Crippen LogP contribution is -2.51. The summed E-state index contributed by atoms with van der Waals surface area (Å²) in [6, 6.07) is 6.08. The summed E-state index contributed by atoms with van der Waals surface area (Å²) in [4.78, 5) is 4.54. The Morgan fingerprint density at radius 3 is 2.44 bits per heavy atom. The fourth-order valence-corrected chi connectivity index (χ4v) is 3.69. The second-order valence-electron chi connectivity index (χ2n) is 7.23. The molecule has 25 heavy (non-hydrogen) atoms. The summed E-state index contributed by atoms with van der Waals surface area (Å²) in [6.45, 7) is 4.38. The molecule has 1 N–H and O–H groups in total. The lowest BCUT2D eigenvalue weighted by Gasteiger charge is -2.46. The lowest BCUT2D eigenvalue weighted by atomic mass is 9.68. The average molecular weight is 358 g/mol. The molecule has 1 aromatic rings. The van der Waals surface area contributed by atoms with E-state index in [4.69, 9.17) is 0 Å². The van der Waals surface area contributed by atoms with Crippen molar-refractivity contribution in [1.82, 2.24) is 9.80 Å². The summed E-state index contributed by atoms with van der Waals surface area (Å²) >= 11 is 0. The van der Waals surface area contributed by atoms with Crippen molar-refractivity contribution in [1.29, 1.82) is 0 Å². The fourth-order valence-electron chi connectivity index (χ4n) is 3.69. The zero-order chi connectivity index (χ0) is 18.1. The van der Waals surface area contributed by atoms with E-state index in [9.17, 15) is 18.3 Å². The van der Waals surface area contributed by atoms with Gasteiger partial charge in [0.2, 0.25) is 0 Å².